The van der Waals surface area contributed by atoms with Crippen molar-refractivity contribution in [3.63, 3.8) is 0 Å². The summed E-state index contributed by atoms with van der Waals surface area (Å²) < 4.78 is 0. The number of amides is 1. The molecular formula is C14H22N2O2. The van der Waals surface area contributed by atoms with Crippen LogP contribution < -0.4 is 10.2 Å². The second-order valence-corrected chi connectivity index (χ2v) is 4.48. The van der Waals surface area contributed by atoms with Gasteiger partial charge in [-0.3, -0.25) is 4.79 Å². The van der Waals surface area contributed by atoms with Crippen LogP contribution in [0, 0.1) is 0 Å². The number of rotatable bonds is 7. The lowest BCUT2D eigenvalue weighted by molar-refractivity contribution is 0.0953. The highest BCUT2D eigenvalue weighted by Crippen LogP contribution is 2.12. The maximum atomic E-state index is 11.8. The van der Waals surface area contributed by atoms with Gasteiger partial charge in [-0.1, -0.05) is 0 Å². The van der Waals surface area contributed by atoms with E-state index in [0.29, 0.717) is 12.1 Å². The number of hydrogen-bond acceptors (Lipinski definition) is 3. The van der Waals surface area contributed by atoms with E-state index in [1.54, 1.807) is 0 Å². The molecule has 0 radical (unpaired) electrons. The summed E-state index contributed by atoms with van der Waals surface area (Å²) >= 11 is 0. The predicted octanol–water partition coefficient (Wildman–Crippen LogP) is 1.64. The van der Waals surface area contributed by atoms with Crippen molar-refractivity contribution in [2.24, 2.45) is 0 Å². The number of nitrogens with zero attached hydrogens (tertiary/aromatic N) is 1. The summed E-state index contributed by atoms with van der Waals surface area (Å²) in [5, 5.41) is 11.5. The zero-order chi connectivity index (χ0) is 13.4. The first-order valence-corrected chi connectivity index (χ1v) is 6.31. The smallest absolute Gasteiger partial charge is 0.251 e. The Bertz CT molecular complexity index is 361. The van der Waals surface area contributed by atoms with Crippen LogP contribution in [0.25, 0.3) is 0 Å². The molecular weight excluding hydrogens is 228 g/mol. The molecule has 1 amide bonds. The van der Waals surface area contributed by atoms with Crippen LogP contribution in [0.4, 0.5) is 5.69 Å². The van der Waals surface area contributed by atoms with Gasteiger partial charge in [-0.25, -0.2) is 0 Å². The van der Waals surface area contributed by atoms with Crippen molar-refractivity contribution in [1.29, 1.82) is 0 Å². The molecule has 1 aromatic carbocycles. The van der Waals surface area contributed by atoms with Gasteiger partial charge in [0, 0.05) is 38.5 Å². The highest BCUT2D eigenvalue weighted by atomic mass is 16.2. The Morgan fingerprint density at radius 3 is 2.39 bits per heavy atom. The van der Waals surface area contributed by atoms with Crippen LogP contribution in [-0.4, -0.2) is 38.3 Å². The van der Waals surface area contributed by atoms with Gasteiger partial charge in [0.25, 0.3) is 5.91 Å². The third-order valence-electron chi connectivity index (χ3n) is 2.77. The summed E-state index contributed by atoms with van der Waals surface area (Å²) in [6, 6.07) is 7.53. The summed E-state index contributed by atoms with van der Waals surface area (Å²) in [5.74, 6) is -0.0377. The van der Waals surface area contributed by atoms with Gasteiger partial charge in [0.1, 0.15) is 0 Å². The largest absolute Gasteiger partial charge is 0.396 e. The number of hydrogen-bond donors (Lipinski definition) is 2. The molecule has 0 aliphatic heterocycles. The maximum Gasteiger partial charge on any atom is 0.251 e. The van der Waals surface area contributed by atoms with Crippen molar-refractivity contribution in [1.82, 2.24) is 5.32 Å². The molecule has 0 aromatic heterocycles. The lowest BCUT2D eigenvalue weighted by atomic mass is 10.2. The maximum absolute atomic E-state index is 11.8. The fourth-order valence-electron chi connectivity index (χ4n) is 1.63. The zero-order valence-corrected chi connectivity index (χ0v) is 11.1. The third kappa shape index (κ3) is 4.75. The molecule has 0 unspecified atom stereocenters. The quantitative estimate of drug-likeness (QED) is 0.723. The van der Waals surface area contributed by atoms with Gasteiger partial charge >= 0.3 is 0 Å². The number of carbonyl (C=O) groups excluding carboxylic acids is 1. The first-order chi connectivity index (χ1) is 8.65. The summed E-state index contributed by atoms with van der Waals surface area (Å²) in [4.78, 5) is 13.8. The van der Waals surface area contributed by atoms with Crippen molar-refractivity contribution in [2.45, 2.75) is 19.3 Å². The Labute approximate surface area is 109 Å². The molecule has 18 heavy (non-hydrogen) atoms. The fraction of sp³-hybridized carbons (Fsp3) is 0.500. The molecule has 0 spiro atoms. The Balaban J connectivity index is 2.37. The van der Waals surface area contributed by atoms with Crippen molar-refractivity contribution in [3.05, 3.63) is 29.8 Å². The Kier molecular flexibility index (Phi) is 6.22. The molecule has 100 valence electrons. The minimum Gasteiger partial charge on any atom is -0.396 e. The van der Waals surface area contributed by atoms with Gasteiger partial charge in [0.15, 0.2) is 0 Å². The molecule has 0 saturated heterocycles. The van der Waals surface area contributed by atoms with E-state index in [4.69, 9.17) is 5.11 Å². The minimum absolute atomic E-state index is 0.0377. The normalized spacial score (nSPS) is 10.2. The Hall–Kier alpha value is -1.55. The van der Waals surface area contributed by atoms with Gasteiger partial charge in [0.2, 0.25) is 0 Å². The lowest BCUT2D eigenvalue weighted by Crippen LogP contribution is -2.24. The minimum atomic E-state index is -0.0377. The van der Waals surface area contributed by atoms with Crippen molar-refractivity contribution < 1.29 is 9.90 Å². The van der Waals surface area contributed by atoms with Crippen LogP contribution >= 0.6 is 0 Å². The molecule has 0 fully saturated rings. The van der Waals surface area contributed by atoms with Gasteiger partial charge in [-0.2, -0.15) is 0 Å². The molecule has 4 heteroatoms. The van der Waals surface area contributed by atoms with E-state index in [2.05, 4.69) is 5.32 Å². The molecule has 4 nitrogen and oxygen atoms in total. The average Bonchev–Trinajstić information content (AvgIpc) is 2.38. The van der Waals surface area contributed by atoms with Gasteiger partial charge < -0.3 is 15.3 Å². The summed E-state index contributed by atoms with van der Waals surface area (Å²) in [7, 11) is 3.94. The van der Waals surface area contributed by atoms with E-state index in [9.17, 15) is 4.79 Å². The van der Waals surface area contributed by atoms with Crippen LogP contribution in [0.15, 0.2) is 24.3 Å². The van der Waals surface area contributed by atoms with Crippen LogP contribution in [0.3, 0.4) is 0 Å². The van der Waals surface area contributed by atoms with E-state index in [1.165, 1.54) is 0 Å². The molecule has 2 N–H and O–H groups in total. The van der Waals surface area contributed by atoms with E-state index >= 15 is 0 Å². The first-order valence-electron chi connectivity index (χ1n) is 6.31. The SMILES string of the molecule is CN(C)c1ccc(C(=O)NCCCCCO)cc1. The molecule has 0 bridgehead atoms. The molecule has 0 atom stereocenters. The average molecular weight is 250 g/mol. The van der Waals surface area contributed by atoms with Crippen molar-refractivity contribution >= 4 is 11.6 Å². The number of aliphatic hydroxyl groups excluding tert-OH is 1. The molecule has 0 aliphatic rings. The topological polar surface area (TPSA) is 52.6 Å². The monoisotopic (exact) mass is 250 g/mol. The van der Waals surface area contributed by atoms with Crippen LogP contribution in [-0.2, 0) is 0 Å². The van der Waals surface area contributed by atoms with E-state index in [0.717, 1.165) is 24.9 Å². The molecule has 1 aromatic rings. The van der Waals surface area contributed by atoms with Crippen molar-refractivity contribution in [2.75, 3.05) is 32.1 Å². The summed E-state index contributed by atoms with van der Waals surface area (Å²) in [6.45, 7) is 0.883. The van der Waals surface area contributed by atoms with E-state index in [1.807, 2.05) is 43.3 Å². The fourth-order valence-corrected chi connectivity index (χ4v) is 1.63. The third-order valence-corrected chi connectivity index (χ3v) is 2.77. The molecule has 0 saturated carbocycles. The second-order valence-electron chi connectivity index (χ2n) is 4.48. The number of benzene rings is 1. The summed E-state index contributed by atoms with van der Waals surface area (Å²) in [5.41, 5.74) is 1.76. The Morgan fingerprint density at radius 1 is 1.17 bits per heavy atom. The zero-order valence-electron chi connectivity index (χ0n) is 11.1. The number of aliphatic hydroxyl groups is 1. The summed E-state index contributed by atoms with van der Waals surface area (Å²) in [6.07, 6.45) is 2.64. The van der Waals surface area contributed by atoms with Crippen LogP contribution in [0.5, 0.6) is 0 Å². The van der Waals surface area contributed by atoms with Gasteiger partial charge in [-0.05, 0) is 43.5 Å². The first kappa shape index (κ1) is 14.5. The Morgan fingerprint density at radius 2 is 1.83 bits per heavy atom. The standard InChI is InChI=1S/C14H22N2O2/c1-16(2)13-8-6-12(7-9-13)14(18)15-10-4-3-5-11-17/h6-9,17H,3-5,10-11H2,1-2H3,(H,15,18). The molecule has 0 heterocycles. The second kappa shape index (κ2) is 7.71. The number of nitrogens with one attached hydrogen (secondary N) is 1. The van der Waals surface area contributed by atoms with Crippen molar-refractivity contribution in [3.8, 4) is 0 Å². The van der Waals surface area contributed by atoms with E-state index < -0.39 is 0 Å². The van der Waals surface area contributed by atoms with Crippen LogP contribution in [0.1, 0.15) is 29.6 Å². The lowest BCUT2D eigenvalue weighted by Gasteiger charge is -2.12. The number of unbranched alkanes of at least 4 members (excludes halogenated alkanes) is 2. The predicted molar refractivity (Wildman–Crippen MR) is 74.0 cm³/mol. The number of anilines is 1. The van der Waals surface area contributed by atoms with Crippen LogP contribution in [0.2, 0.25) is 0 Å². The molecule has 0 aliphatic carbocycles. The van der Waals surface area contributed by atoms with Gasteiger partial charge in [0.05, 0.1) is 0 Å². The van der Waals surface area contributed by atoms with E-state index in [-0.39, 0.29) is 12.5 Å². The highest BCUT2D eigenvalue weighted by molar-refractivity contribution is 5.94. The molecule has 1 rings (SSSR count). The van der Waals surface area contributed by atoms with Gasteiger partial charge in [-0.15, -0.1) is 0 Å². The highest BCUT2D eigenvalue weighted by Gasteiger charge is 2.04. The number of carbonyl (C=O) groups is 1.